The van der Waals surface area contributed by atoms with Gasteiger partial charge in [0.15, 0.2) is 0 Å². The molecule has 2 saturated heterocycles. The predicted octanol–water partition coefficient (Wildman–Crippen LogP) is 2.88. The number of quaternary nitrogens is 1. The van der Waals surface area contributed by atoms with E-state index in [9.17, 15) is 8.42 Å². The fourth-order valence-electron chi connectivity index (χ4n) is 3.87. The van der Waals surface area contributed by atoms with Crippen LogP contribution in [-0.2, 0) is 10.0 Å². The Morgan fingerprint density at radius 2 is 1.78 bits per heavy atom. The van der Waals surface area contributed by atoms with Crippen molar-refractivity contribution in [3.8, 4) is 0 Å². The van der Waals surface area contributed by atoms with Crippen LogP contribution in [0, 0.1) is 12.5 Å². The zero-order chi connectivity index (χ0) is 16.5. The molecule has 2 aliphatic rings. The molecule has 0 unspecified atom stereocenters. The minimum Gasteiger partial charge on any atom is -0.454 e. The molecule has 2 aliphatic heterocycles. The number of hydrogen-bond acceptors (Lipinski definition) is 2. The van der Waals surface area contributed by atoms with Gasteiger partial charge < -0.3 is 4.48 Å². The summed E-state index contributed by atoms with van der Waals surface area (Å²) >= 11 is 0. The summed E-state index contributed by atoms with van der Waals surface area (Å²) < 4.78 is 28.1. The predicted molar refractivity (Wildman–Crippen MR) is 92.0 cm³/mol. The second-order valence-corrected chi connectivity index (χ2v) is 9.27. The molecule has 0 aromatic heterocycles. The first-order chi connectivity index (χ1) is 10.9. The molecule has 2 fully saturated rings. The second kappa shape index (κ2) is 6.54. The second-order valence-electron chi connectivity index (χ2n) is 7.33. The maximum absolute atomic E-state index is 12.7. The summed E-state index contributed by atoms with van der Waals surface area (Å²) in [6.07, 6.45) is 4.36. The molecule has 0 saturated carbocycles. The highest BCUT2D eigenvalue weighted by molar-refractivity contribution is 7.89. The van der Waals surface area contributed by atoms with Crippen LogP contribution in [0.4, 0.5) is 0 Å². The van der Waals surface area contributed by atoms with Crippen molar-refractivity contribution in [2.45, 2.75) is 43.5 Å². The molecule has 0 spiro atoms. The third kappa shape index (κ3) is 3.47. The summed E-state index contributed by atoms with van der Waals surface area (Å²) in [6, 6.07) is 9.36. The van der Waals surface area contributed by atoms with Crippen molar-refractivity contribution in [3.05, 3.63) is 36.9 Å². The number of piperidine rings is 2. The topological polar surface area (TPSA) is 37.4 Å². The van der Waals surface area contributed by atoms with Crippen molar-refractivity contribution < 1.29 is 12.9 Å². The number of hydrogen-bond donors (Lipinski definition) is 0. The van der Waals surface area contributed by atoms with Crippen LogP contribution in [0.3, 0.4) is 0 Å². The Balaban J connectivity index is 1.65. The van der Waals surface area contributed by atoms with Gasteiger partial charge in [0.1, 0.15) is 0 Å². The van der Waals surface area contributed by atoms with Crippen LogP contribution < -0.4 is 0 Å². The Hall–Kier alpha value is -0.910. The minimum absolute atomic E-state index is 0.414. The van der Waals surface area contributed by atoms with Crippen LogP contribution >= 0.6 is 0 Å². The van der Waals surface area contributed by atoms with E-state index < -0.39 is 10.0 Å². The third-order valence-electron chi connectivity index (χ3n) is 5.67. The number of sulfonamides is 1. The summed E-state index contributed by atoms with van der Waals surface area (Å²) in [6.45, 7) is 7.24. The van der Waals surface area contributed by atoms with Crippen LogP contribution in [0.2, 0.25) is 0 Å². The lowest BCUT2D eigenvalue weighted by atomic mass is 9.92. The van der Waals surface area contributed by atoms with Crippen LogP contribution in [0.25, 0.3) is 0 Å². The van der Waals surface area contributed by atoms with Crippen molar-refractivity contribution in [3.63, 3.8) is 0 Å². The van der Waals surface area contributed by atoms with Gasteiger partial charge in [-0.05, 0) is 18.6 Å². The third-order valence-corrected chi connectivity index (χ3v) is 7.58. The largest absolute Gasteiger partial charge is 0.454 e. The molecule has 128 valence electrons. The van der Waals surface area contributed by atoms with E-state index in [2.05, 4.69) is 20.5 Å². The zero-order valence-electron chi connectivity index (χ0n) is 14.2. The lowest BCUT2D eigenvalue weighted by molar-refractivity contribution is -0.912. The van der Waals surface area contributed by atoms with Gasteiger partial charge in [0, 0.05) is 33.0 Å². The standard InChI is InChI=1S/C18H28N2O2S/c1-16-10-14-20(2,15-11-16)17-8-12-19(13-9-17)23(21,22)18-6-4-3-5-7-18/h3-7,14,16-17H,8-13,15H2,1-2H3/t16-,20+/m1/s1. The molecular weight excluding hydrogens is 308 g/mol. The maximum Gasteiger partial charge on any atom is 0.243 e. The molecule has 0 aliphatic carbocycles. The van der Waals surface area contributed by atoms with Crippen molar-refractivity contribution in [2.75, 3.05) is 26.7 Å². The van der Waals surface area contributed by atoms with E-state index in [4.69, 9.17) is 0 Å². The van der Waals surface area contributed by atoms with Crippen LogP contribution in [0.15, 0.2) is 35.2 Å². The number of benzene rings is 1. The van der Waals surface area contributed by atoms with Crippen molar-refractivity contribution >= 4 is 10.0 Å². The number of rotatable bonds is 3. The highest BCUT2D eigenvalue weighted by atomic mass is 32.2. The van der Waals surface area contributed by atoms with Gasteiger partial charge in [0.25, 0.3) is 0 Å². The first-order valence-corrected chi connectivity index (χ1v) is 10.1. The Kier molecular flexibility index (Phi) is 4.81. The smallest absolute Gasteiger partial charge is 0.243 e. The van der Waals surface area contributed by atoms with Gasteiger partial charge in [-0.1, -0.05) is 31.0 Å². The molecule has 0 radical (unpaired) electrons. The van der Waals surface area contributed by atoms with Gasteiger partial charge in [0.05, 0.1) is 17.5 Å². The summed E-state index contributed by atoms with van der Waals surface area (Å²) in [5.41, 5.74) is 0. The average molecular weight is 337 g/mol. The highest BCUT2D eigenvalue weighted by Crippen LogP contribution is 2.33. The van der Waals surface area contributed by atoms with Crippen LogP contribution in [-0.4, -0.2) is 49.9 Å². The first-order valence-electron chi connectivity index (χ1n) is 8.66. The Labute approximate surface area is 140 Å². The van der Waals surface area contributed by atoms with E-state index in [1.165, 1.54) is 19.4 Å². The summed E-state index contributed by atoms with van der Waals surface area (Å²) in [4.78, 5) is 0.414. The fraction of sp³-hybridized carbons (Fsp3) is 0.611. The molecule has 4 nitrogen and oxygen atoms in total. The fourth-order valence-corrected chi connectivity index (χ4v) is 5.36. The summed E-state index contributed by atoms with van der Waals surface area (Å²) in [5.74, 6) is 0.791. The van der Waals surface area contributed by atoms with Gasteiger partial charge in [-0.15, -0.1) is 13.0 Å². The Bertz CT molecular complexity index is 614. The molecule has 5 heteroatoms. The normalized spacial score (nSPS) is 31.1. The van der Waals surface area contributed by atoms with E-state index in [1.807, 2.05) is 6.07 Å². The molecule has 3 rings (SSSR count). The molecule has 0 amide bonds. The van der Waals surface area contributed by atoms with E-state index in [0.717, 1.165) is 23.2 Å². The summed E-state index contributed by atoms with van der Waals surface area (Å²) in [5, 5.41) is 0. The van der Waals surface area contributed by atoms with Gasteiger partial charge in [-0.25, -0.2) is 8.42 Å². The van der Waals surface area contributed by atoms with Gasteiger partial charge >= 0.3 is 0 Å². The number of nitrogens with zero attached hydrogens (tertiary/aromatic N) is 2. The SMILES string of the molecule is C[C@@H]1C[CH-][N@+](C)(C2CCN(S(=O)(=O)c3ccccc3)CC2)CC1. The lowest BCUT2D eigenvalue weighted by Gasteiger charge is -2.55. The van der Waals surface area contributed by atoms with E-state index in [1.54, 1.807) is 28.6 Å². The van der Waals surface area contributed by atoms with E-state index >= 15 is 0 Å². The Morgan fingerprint density at radius 1 is 1.13 bits per heavy atom. The van der Waals surface area contributed by atoms with Crippen molar-refractivity contribution in [1.82, 2.24) is 4.31 Å². The van der Waals surface area contributed by atoms with E-state index in [-0.39, 0.29) is 0 Å². The van der Waals surface area contributed by atoms with Gasteiger partial charge in [-0.3, -0.25) is 0 Å². The van der Waals surface area contributed by atoms with Crippen LogP contribution in [0.5, 0.6) is 0 Å². The number of likely N-dealkylation sites (tertiary alicyclic amines) is 1. The lowest BCUT2D eigenvalue weighted by Crippen LogP contribution is -2.57. The van der Waals surface area contributed by atoms with Gasteiger partial charge in [0.2, 0.25) is 10.0 Å². The highest BCUT2D eigenvalue weighted by Gasteiger charge is 2.36. The minimum atomic E-state index is -3.33. The van der Waals surface area contributed by atoms with E-state index in [0.29, 0.717) is 24.0 Å². The molecule has 0 N–H and O–H groups in total. The van der Waals surface area contributed by atoms with Crippen LogP contribution in [0.1, 0.15) is 32.6 Å². The monoisotopic (exact) mass is 336 g/mol. The molecular formula is C18H28N2O2S. The molecule has 1 aromatic carbocycles. The zero-order valence-corrected chi connectivity index (χ0v) is 15.0. The molecule has 0 bridgehead atoms. The first kappa shape index (κ1) is 16.9. The quantitative estimate of drug-likeness (QED) is 0.629. The Morgan fingerprint density at radius 3 is 2.35 bits per heavy atom. The summed E-state index contributed by atoms with van der Waals surface area (Å²) in [7, 11) is -1.01. The molecule has 23 heavy (non-hydrogen) atoms. The average Bonchev–Trinajstić information content (AvgIpc) is 2.59. The molecule has 2 heterocycles. The van der Waals surface area contributed by atoms with Gasteiger partial charge in [-0.2, -0.15) is 4.31 Å². The molecule has 1 aromatic rings. The molecule has 2 atom stereocenters. The van der Waals surface area contributed by atoms with Crippen molar-refractivity contribution in [1.29, 1.82) is 0 Å². The maximum atomic E-state index is 12.7. The van der Waals surface area contributed by atoms with Crippen molar-refractivity contribution in [2.24, 2.45) is 5.92 Å².